The second kappa shape index (κ2) is 7.66. The summed E-state index contributed by atoms with van der Waals surface area (Å²) in [5.74, 6) is 1.23. The molecule has 0 atom stereocenters. The van der Waals surface area contributed by atoms with E-state index in [4.69, 9.17) is 25.5 Å². The zero-order chi connectivity index (χ0) is 19.7. The molecule has 0 amide bonds. The molecule has 0 aliphatic rings. The molecule has 0 aliphatic heterocycles. The third kappa shape index (κ3) is 3.74. The molecule has 0 N–H and O–H groups in total. The van der Waals surface area contributed by atoms with Crippen molar-refractivity contribution in [3.63, 3.8) is 0 Å². The van der Waals surface area contributed by atoms with Crippen LogP contribution in [0, 0.1) is 6.92 Å². The minimum Gasteiger partial charge on any atom is -0.497 e. The summed E-state index contributed by atoms with van der Waals surface area (Å²) < 4.78 is 16.3. The summed E-state index contributed by atoms with van der Waals surface area (Å²) in [6.07, 6.45) is 0. The molecule has 0 unspecified atom stereocenters. The fraction of sp³-hybridized carbons (Fsp3) is 0.143. The van der Waals surface area contributed by atoms with Gasteiger partial charge in [0.05, 0.1) is 17.8 Å². The second-order valence-electron chi connectivity index (χ2n) is 6.19. The number of aromatic nitrogens is 1. The van der Waals surface area contributed by atoms with Crippen LogP contribution in [0.15, 0.2) is 57.1 Å². The van der Waals surface area contributed by atoms with Gasteiger partial charge in [0.15, 0.2) is 0 Å². The maximum Gasteiger partial charge on any atom is 0.336 e. The van der Waals surface area contributed by atoms with E-state index in [2.05, 4.69) is 4.98 Å². The standard InChI is InChI=1S/C21H16ClNO4S/c1-12-6-20(24)27-18-9-19(17(22)8-16(12)18)26-10-14-11-28-21(23-14)13-4-3-5-15(7-13)25-2/h3-9,11H,10H2,1-2H3. The van der Waals surface area contributed by atoms with Crippen LogP contribution in [0.2, 0.25) is 5.02 Å². The Balaban J connectivity index is 1.56. The van der Waals surface area contributed by atoms with Crippen LogP contribution in [0.5, 0.6) is 11.5 Å². The Morgan fingerprint density at radius 3 is 2.89 bits per heavy atom. The average molecular weight is 414 g/mol. The Morgan fingerprint density at radius 2 is 2.07 bits per heavy atom. The molecule has 28 heavy (non-hydrogen) atoms. The van der Waals surface area contributed by atoms with Crippen molar-refractivity contribution in [1.29, 1.82) is 0 Å². The first-order valence-electron chi connectivity index (χ1n) is 8.49. The topological polar surface area (TPSA) is 61.6 Å². The quantitative estimate of drug-likeness (QED) is 0.406. The van der Waals surface area contributed by atoms with Crippen LogP contribution in [-0.4, -0.2) is 12.1 Å². The van der Waals surface area contributed by atoms with E-state index >= 15 is 0 Å². The molecular weight excluding hydrogens is 398 g/mol. The molecule has 5 nitrogen and oxygen atoms in total. The van der Waals surface area contributed by atoms with Gasteiger partial charge in [0.25, 0.3) is 0 Å². The van der Waals surface area contributed by atoms with Crippen molar-refractivity contribution in [2.45, 2.75) is 13.5 Å². The molecule has 0 bridgehead atoms. The summed E-state index contributed by atoms with van der Waals surface area (Å²) in [6.45, 7) is 2.09. The first kappa shape index (κ1) is 18.5. The third-order valence-electron chi connectivity index (χ3n) is 4.25. The van der Waals surface area contributed by atoms with Crippen LogP contribution in [-0.2, 0) is 6.61 Å². The largest absolute Gasteiger partial charge is 0.497 e. The minimum atomic E-state index is -0.402. The highest BCUT2D eigenvalue weighted by atomic mass is 35.5. The van der Waals surface area contributed by atoms with Crippen molar-refractivity contribution in [2.75, 3.05) is 7.11 Å². The molecule has 0 fully saturated rings. The zero-order valence-corrected chi connectivity index (χ0v) is 16.8. The highest BCUT2D eigenvalue weighted by molar-refractivity contribution is 7.13. The lowest BCUT2D eigenvalue weighted by Crippen LogP contribution is -2.00. The zero-order valence-electron chi connectivity index (χ0n) is 15.2. The number of rotatable bonds is 5. The number of thiazole rings is 1. The maximum atomic E-state index is 11.6. The number of hydrogen-bond donors (Lipinski definition) is 0. The molecule has 0 saturated carbocycles. The minimum absolute atomic E-state index is 0.252. The van der Waals surface area contributed by atoms with E-state index in [9.17, 15) is 4.79 Å². The molecule has 4 rings (SSSR count). The van der Waals surface area contributed by atoms with E-state index in [0.717, 1.165) is 33.0 Å². The molecule has 0 aliphatic carbocycles. The lowest BCUT2D eigenvalue weighted by atomic mass is 10.1. The van der Waals surface area contributed by atoms with E-state index in [1.807, 2.05) is 36.6 Å². The lowest BCUT2D eigenvalue weighted by Gasteiger charge is -2.08. The van der Waals surface area contributed by atoms with Crippen molar-refractivity contribution in [1.82, 2.24) is 4.98 Å². The monoisotopic (exact) mass is 413 g/mol. The van der Waals surface area contributed by atoms with Gasteiger partial charge in [-0.05, 0) is 30.7 Å². The molecule has 0 spiro atoms. The first-order chi connectivity index (χ1) is 13.5. The number of benzene rings is 2. The Labute approximate surface area is 170 Å². The van der Waals surface area contributed by atoms with Crippen LogP contribution < -0.4 is 15.1 Å². The highest BCUT2D eigenvalue weighted by Gasteiger charge is 2.11. The van der Waals surface area contributed by atoms with Crippen molar-refractivity contribution in [3.8, 4) is 22.1 Å². The molecule has 2 heterocycles. The second-order valence-corrected chi connectivity index (χ2v) is 7.46. The Kier molecular flexibility index (Phi) is 5.07. The normalized spacial score (nSPS) is 11.0. The van der Waals surface area contributed by atoms with E-state index in [1.54, 1.807) is 19.2 Å². The van der Waals surface area contributed by atoms with Gasteiger partial charge in [-0.25, -0.2) is 9.78 Å². The van der Waals surface area contributed by atoms with Gasteiger partial charge in [-0.3, -0.25) is 0 Å². The number of ether oxygens (including phenoxy) is 2. The maximum absolute atomic E-state index is 11.6. The van der Waals surface area contributed by atoms with Crippen molar-refractivity contribution in [2.24, 2.45) is 0 Å². The van der Waals surface area contributed by atoms with Crippen LogP contribution in [0.4, 0.5) is 0 Å². The van der Waals surface area contributed by atoms with Gasteiger partial charge in [0, 0.05) is 28.5 Å². The van der Waals surface area contributed by atoms with Crippen molar-refractivity contribution < 1.29 is 13.9 Å². The predicted octanol–water partition coefficient (Wildman–Crippen LogP) is 5.47. The molecule has 4 aromatic rings. The van der Waals surface area contributed by atoms with E-state index < -0.39 is 5.63 Å². The van der Waals surface area contributed by atoms with Crippen LogP contribution >= 0.6 is 22.9 Å². The molecule has 0 saturated heterocycles. The molecule has 0 radical (unpaired) electrons. The number of fused-ring (bicyclic) bond motifs is 1. The third-order valence-corrected chi connectivity index (χ3v) is 5.48. The molecule has 142 valence electrons. The van der Waals surface area contributed by atoms with Gasteiger partial charge < -0.3 is 13.9 Å². The van der Waals surface area contributed by atoms with Gasteiger partial charge in [-0.15, -0.1) is 11.3 Å². The summed E-state index contributed by atoms with van der Waals surface area (Å²) in [7, 11) is 1.64. The number of halogens is 1. The molecular formula is C21H16ClNO4S. The predicted molar refractivity (Wildman–Crippen MR) is 111 cm³/mol. The SMILES string of the molecule is COc1cccc(-c2nc(COc3cc4oc(=O)cc(C)c4cc3Cl)cs2)c1. The molecule has 2 aromatic carbocycles. The van der Waals surface area contributed by atoms with Crippen molar-refractivity contribution >= 4 is 33.9 Å². The summed E-state index contributed by atoms with van der Waals surface area (Å²) in [5, 5.41) is 4.05. The Morgan fingerprint density at radius 1 is 1.21 bits per heavy atom. The Hall–Kier alpha value is -2.83. The van der Waals surface area contributed by atoms with Gasteiger partial charge >= 0.3 is 5.63 Å². The van der Waals surface area contributed by atoms with Crippen LogP contribution in [0.3, 0.4) is 0 Å². The van der Waals surface area contributed by atoms with Gasteiger partial charge in [-0.1, -0.05) is 23.7 Å². The van der Waals surface area contributed by atoms with Crippen LogP contribution in [0.25, 0.3) is 21.5 Å². The summed E-state index contributed by atoms with van der Waals surface area (Å²) in [5.41, 5.74) is 2.61. The smallest absolute Gasteiger partial charge is 0.336 e. The number of methoxy groups -OCH3 is 1. The van der Waals surface area contributed by atoms with Gasteiger partial charge in [-0.2, -0.15) is 0 Å². The van der Waals surface area contributed by atoms with Crippen LogP contribution in [0.1, 0.15) is 11.3 Å². The van der Waals surface area contributed by atoms with Gasteiger partial charge in [0.1, 0.15) is 28.7 Å². The number of hydrogen-bond acceptors (Lipinski definition) is 6. The highest BCUT2D eigenvalue weighted by Crippen LogP contribution is 2.32. The van der Waals surface area contributed by atoms with Gasteiger partial charge in [0.2, 0.25) is 0 Å². The summed E-state index contributed by atoms with van der Waals surface area (Å²) in [4.78, 5) is 16.2. The molecule has 7 heteroatoms. The van der Waals surface area contributed by atoms with E-state index in [-0.39, 0.29) is 6.61 Å². The fourth-order valence-electron chi connectivity index (χ4n) is 2.84. The van der Waals surface area contributed by atoms with Crippen molar-refractivity contribution in [3.05, 3.63) is 74.5 Å². The summed E-state index contributed by atoms with van der Waals surface area (Å²) >= 11 is 7.87. The fourth-order valence-corrected chi connectivity index (χ4v) is 3.86. The summed E-state index contributed by atoms with van der Waals surface area (Å²) in [6, 6.07) is 12.6. The number of aryl methyl sites for hydroxylation is 1. The Bertz CT molecular complexity index is 1210. The van der Waals surface area contributed by atoms with E-state index in [1.165, 1.54) is 17.4 Å². The number of nitrogens with zero attached hydrogens (tertiary/aromatic N) is 1. The average Bonchev–Trinajstić information content (AvgIpc) is 3.16. The first-order valence-corrected chi connectivity index (χ1v) is 9.75. The van der Waals surface area contributed by atoms with E-state index in [0.29, 0.717) is 16.4 Å². The molecule has 2 aromatic heterocycles. The lowest BCUT2D eigenvalue weighted by molar-refractivity contribution is 0.302.